The summed E-state index contributed by atoms with van der Waals surface area (Å²) in [5.74, 6) is 1.08. The van der Waals surface area contributed by atoms with E-state index in [0.29, 0.717) is 28.2 Å². The van der Waals surface area contributed by atoms with E-state index in [2.05, 4.69) is 59.0 Å². The molecule has 1 amide bonds. The molecule has 4 rings (SSSR count). The zero-order chi connectivity index (χ0) is 23.2. The van der Waals surface area contributed by atoms with Gasteiger partial charge in [0.25, 0.3) is 5.91 Å². The number of amides is 1. The van der Waals surface area contributed by atoms with Crippen LogP contribution in [0.1, 0.15) is 47.2 Å². The molecular weight excluding hydrogens is 432 g/mol. The van der Waals surface area contributed by atoms with E-state index in [0.717, 1.165) is 31.6 Å². The van der Waals surface area contributed by atoms with Crippen LogP contribution in [0.3, 0.4) is 0 Å². The molecule has 1 aromatic heterocycles. The Bertz CT molecular complexity index is 1060. The number of pyridine rings is 1. The molecule has 2 heterocycles. The molecule has 3 aromatic rings. The number of nitrogens with zero attached hydrogens (tertiary/aromatic N) is 1. The molecule has 1 fully saturated rings. The number of nitrogens with one attached hydrogen (secondary N) is 3. The molecule has 2 aromatic carbocycles. The summed E-state index contributed by atoms with van der Waals surface area (Å²) in [6, 6.07) is 20.1. The number of aromatic nitrogens is 1. The van der Waals surface area contributed by atoms with Crippen molar-refractivity contribution in [2.24, 2.45) is 5.92 Å². The Balaban J connectivity index is 1.59. The minimum absolute atomic E-state index is 0.194. The van der Waals surface area contributed by atoms with Crippen LogP contribution in [0.4, 0.5) is 11.5 Å². The lowest BCUT2D eigenvalue weighted by molar-refractivity contribution is 0.102. The highest BCUT2D eigenvalue weighted by molar-refractivity contribution is 6.30. The third-order valence-electron chi connectivity index (χ3n) is 6.50. The summed E-state index contributed by atoms with van der Waals surface area (Å²) in [5, 5.41) is 10.7. The molecule has 0 saturated carbocycles. The standard InChI is InChI=1S/C27H31ClN4O/c1-18-7-9-20(10-8-18)19(2)26(21-13-15-29-16-14-21)31-24-6-4-3-5-23(24)27(33)32-25-12-11-22(28)17-30-25/h3-12,17,19,21,26,29,31H,13-16H2,1-2H3,(H,30,32,33). The van der Waals surface area contributed by atoms with Gasteiger partial charge in [0.2, 0.25) is 0 Å². The summed E-state index contributed by atoms with van der Waals surface area (Å²) < 4.78 is 0. The van der Waals surface area contributed by atoms with Gasteiger partial charge in [-0.1, -0.05) is 60.5 Å². The van der Waals surface area contributed by atoms with Crippen LogP contribution in [-0.2, 0) is 0 Å². The lowest BCUT2D eigenvalue weighted by Crippen LogP contribution is -2.41. The molecule has 0 radical (unpaired) electrons. The maximum atomic E-state index is 13.1. The molecule has 1 aliphatic rings. The van der Waals surface area contributed by atoms with Gasteiger partial charge in [-0.2, -0.15) is 0 Å². The van der Waals surface area contributed by atoms with Crippen LogP contribution in [-0.4, -0.2) is 30.0 Å². The summed E-state index contributed by atoms with van der Waals surface area (Å²) in [7, 11) is 0. The number of benzene rings is 2. The van der Waals surface area contributed by atoms with E-state index in [1.807, 2.05) is 24.3 Å². The van der Waals surface area contributed by atoms with Gasteiger partial charge in [0.15, 0.2) is 0 Å². The zero-order valence-electron chi connectivity index (χ0n) is 19.1. The average molecular weight is 463 g/mol. The molecule has 1 aliphatic heterocycles. The number of piperidine rings is 1. The van der Waals surface area contributed by atoms with Crippen LogP contribution >= 0.6 is 11.6 Å². The maximum absolute atomic E-state index is 13.1. The molecule has 33 heavy (non-hydrogen) atoms. The van der Waals surface area contributed by atoms with E-state index in [9.17, 15) is 4.79 Å². The average Bonchev–Trinajstić information content (AvgIpc) is 2.85. The Kier molecular flexibility index (Phi) is 7.63. The second-order valence-electron chi connectivity index (χ2n) is 8.82. The summed E-state index contributed by atoms with van der Waals surface area (Å²) in [5.41, 5.74) is 4.01. The summed E-state index contributed by atoms with van der Waals surface area (Å²) in [6.07, 6.45) is 3.74. The lowest BCUT2D eigenvalue weighted by Gasteiger charge is -2.36. The summed E-state index contributed by atoms with van der Waals surface area (Å²) in [4.78, 5) is 17.3. The molecular formula is C27H31ClN4O. The first kappa shape index (κ1) is 23.3. The first-order chi connectivity index (χ1) is 16.0. The SMILES string of the molecule is Cc1ccc(C(C)C(Nc2ccccc2C(=O)Nc2ccc(Cl)cn2)C2CCNCC2)cc1. The number of para-hydroxylation sites is 1. The van der Waals surface area contributed by atoms with Gasteiger partial charge in [0, 0.05) is 23.8 Å². The maximum Gasteiger partial charge on any atom is 0.258 e. The molecule has 1 saturated heterocycles. The number of hydrogen-bond acceptors (Lipinski definition) is 4. The fourth-order valence-corrected chi connectivity index (χ4v) is 4.66. The minimum Gasteiger partial charge on any atom is -0.381 e. The minimum atomic E-state index is -0.194. The highest BCUT2D eigenvalue weighted by atomic mass is 35.5. The summed E-state index contributed by atoms with van der Waals surface area (Å²) >= 11 is 5.92. The molecule has 0 spiro atoms. The fourth-order valence-electron chi connectivity index (χ4n) is 4.55. The van der Waals surface area contributed by atoms with E-state index in [-0.39, 0.29) is 11.9 Å². The van der Waals surface area contributed by atoms with Crippen molar-refractivity contribution in [2.75, 3.05) is 23.7 Å². The second-order valence-corrected chi connectivity index (χ2v) is 9.25. The number of halogens is 1. The van der Waals surface area contributed by atoms with Crippen molar-refractivity contribution >= 4 is 29.0 Å². The smallest absolute Gasteiger partial charge is 0.258 e. The molecule has 0 aliphatic carbocycles. The van der Waals surface area contributed by atoms with Gasteiger partial charge >= 0.3 is 0 Å². The van der Waals surface area contributed by atoms with Gasteiger partial charge in [-0.3, -0.25) is 4.79 Å². The number of rotatable bonds is 7. The van der Waals surface area contributed by atoms with Gasteiger partial charge in [0.1, 0.15) is 5.82 Å². The predicted octanol–water partition coefficient (Wildman–Crippen LogP) is 5.88. The Morgan fingerprint density at radius 3 is 2.48 bits per heavy atom. The van der Waals surface area contributed by atoms with Crippen LogP contribution in [0, 0.1) is 12.8 Å². The molecule has 3 N–H and O–H groups in total. The number of carbonyl (C=O) groups excluding carboxylic acids is 1. The van der Waals surface area contributed by atoms with E-state index in [1.54, 1.807) is 12.1 Å². The lowest BCUT2D eigenvalue weighted by atomic mass is 9.80. The molecule has 2 unspecified atom stereocenters. The molecule has 0 bridgehead atoms. The Morgan fingerprint density at radius 1 is 1.06 bits per heavy atom. The summed E-state index contributed by atoms with van der Waals surface area (Å²) in [6.45, 7) is 6.44. The predicted molar refractivity (Wildman–Crippen MR) is 136 cm³/mol. The topological polar surface area (TPSA) is 66.0 Å². The molecule has 172 valence electrons. The number of hydrogen-bond donors (Lipinski definition) is 3. The van der Waals surface area contributed by atoms with Gasteiger partial charge in [-0.15, -0.1) is 0 Å². The van der Waals surface area contributed by atoms with E-state index >= 15 is 0 Å². The van der Waals surface area contributed by atoms with Crippen molar-refractivity contribution in [2.45, 2.75) is 38.6 Å². The van der Waals surface area contributed by atoms with Crippen LogP contribution < -0.4 is 16.0 Å². The third-order valence-corrected chi connectivity index (χ3v) is 6.72. The van der Waals surface area contributed by atoms with Crippen LogP contribution in [0.25, 0.3) is 0 Å². The Labute approximate surface area is 201 Å². The Morgan fingerprint density at radius 2 is 1.79 bits per heavy atom. The molecule has 5 nitrogen and oxygen atoms in total. The number of anilines is 2. The van der Waals surface area contributed by atoms with E-state index in [1.165, 1.54) is 17.3 Å². The van der Waals surface area contributed by atoms with Gasteiger partial charge in [-0.25, -0.2) is 4.98 Å². The second kappa shape index (κ2) is 10.8. The highest BCUT2D eigenvalue weighted by Crippen LogP contribution is 2.32. The number of aryl methyl sites for hydroxylation is 1. The van der Waals surface area contributed by atoms with Crippen molar-refractivity contribution in [3.63, 3.8) is 0 Å². The first-order valence-corrected chi connectivity index (χ1v) is 11.9. The Hall–Kier alpha value is -2.89. The number of carbonyl (C=O) groups is 1. The van der Waals surface area contributed by atoms with Crippen molar-refractivity contribution in [3.05, 3.63) is 88.6 Å². The van der Waals surface area contributed by atoms with Crippen LogP contribution in [0.15, 0.2) is 66.9 Å². The van der Waals surface area contributed by atoms with Gasteiger partial charge in [-0.05, 0) is 68.6 Å². The third kappa shape index (κ3) is 5.92. The normalized spacial score (nSPS) is 16.1. The monoisotopic (exact) mass is 462 g/mol. The van der Waals surface area contributed by atoms with Gasteiger partial charge < -0.3 is 16.0 Å². The quantitative estimate of drug-likeness (QED) is 0.410. The first-order valence-electron chi connectivity index (χ1n) is 11.6. The zero-order valence-corrected chi connectivity index (χ0v) is 19.9. The molecule has 2 atom stereocenters. The molecule has 6 heteroatoms. The van der Waals surface area contributed by atoms with Crippen molar-refractivity contribution in [1.82, 2.24) is 10.3 Å². The fraction of sp³-hybridized carbons (Fsp3) is 0.333. The van der Waals surface area contributed by atoms with Gasteiger partial charge in [0.05, 0.1) is 10.6 Å². The van der Waals surface area contributed by atoms with Crippen LogP contribution in [0.2, 0.25) is 5.02 Å². The van der Waals surface area contributed by atoms with E-state index < -0.39 is 0 Å². The highest BCUT2D eigenvalue weighted by Gasteiger charge is 2.30. The van der Waals surface area contributed by atoms with Crippen molar-refractivity contribution in [3.8, 4) is 0 Å². The van der Waals surface area contributed by atoms with Crippen molar-refractivity contribution < 1.29 is 4.79 Å². The van der Waals surface area contributed by atoms with Crippen molar-refractivity contribution in [1.29, 1.82) is 0 Å². The van der Waals surface area contributed by atoms with Crippen LogP contribution in [0.5, 0.6) is 0 Å². The largest absolute Gasteiger partial charge is 0.381 e. The van der Waals surface area contributed by atoms with E-state index in [4.69, 9.17) is 11.6 Å².